The van der Waals surface area contributed by atoms with Crippen LogP contribution < -0.4 is 15.4 Å². The molecule has 0 radical (unpaired) electrons. The molecule has 4 rings (SSSR count). The maximum absolute atomic E-state index is 13.2. The number of amides is 2. The third-order valence-corrected chi connectivity index (χ3v) is 5.33. The van der Waals surface area contributed by atoms with Crippen LogP contribution in [0.5, 0.6) is 5.75 Å². The zero-order valence-electron chi connectivity index (χ0n) is 17.2. The summed E-state index contributed by atoms with van der Waals surface area (Å²) >= 11 is 3.44. The zero-order valence-corrected chi connectivity index (χ0v) is 18.8. The number of hydrogen-bond donors (Lipinski definition) is 3. The number of fused-ring (bicyclic) bond motifs is 1. The van der Waals surface area contributed by atoms with Crippen LogP contribution in [0.1, 0.15) is 15.9 Å². The molecule has 0 aliphatic rings. The van der Waals surface area contributed by atoms with Gasteiger partial charge >= 0.3 is 0 Å². The Morgan fingerprint density at radius 2 is 1.81 bits per heavy atom. The predicted octanol–water partition coefficient (Wildman–Crippen LogP) is 5.35. The minimum atomic E-state index is -0.456. The molecule has 0 aliphatic heterocycles. The number of nitrogens with one attached hydrogen (secondary N) is 3. The SMILES string of the molecule is COc1ccc(Br)cc1/C=C(/NC(=O)c1ccccc1)C(=O)Nc1ccc2cc[nH]c2c1. The normalized spacial score (nSPS) is 11.2. The molecule has 0 saturated carbocycles. The highest BCUT2D eigenvalue weighted by Crippen LogP contribution is 2.25. The number of methoxy groups -OCH3 is 1. The van der Waals surface area contributed by atoms with Gasteiger partial charge in [-0.1, -0.05) is 40.2 Å². The van der Waals surface area contributed by atoms with Gasteiger partial charge in [0.2, 0.25) is 0 Å². The largest absolute Gasteiger partial charge is 0.496 e. The topological polar surface area (TPSA) is 83.2 Å². The van der Waals surface area contributed by atoms with Crippen molar-refractivity contribution in [2.45, 2.75) is 0 Å². The van der Waals surface area contributed by atoms with E-state index in [1.807, 2.05) is 48.7 Å². The molecule has 3 N–H and O–H groups in total. The molecule has 0 aliphatic carbocycles. The van der Waals surface area contributed by atoms with Gasteiger partial charge in [-0.15, -0.1) is 0 Å². The van der Waals surface area contributed by atoms with Gasteiger partial charge in [-0.25, -0.2) is 0 Å². The minimum Gasteiger partial charge on any atom is -0.496 e. The fourth-order valence-corrected chi connectivity index (χ4v) is 3.62. The number of carbonyl (C=O) groups excluding carboxylic acids is 2. The van der Waals surface area contributed by atoms with E-state index in [2.05, 4.69) is 31.5 Å². The van der Waals surface area contributed by atoms with Crippen molar-refractivity contribution in [1.29, 1.82) is 0 Å². The van der Waals surface area contributed by atoms with Crippen molar-refractivity contribution < 1.29 is 14.3 Å². The standard InChI is InChI=1S/C25H20BrN3O3/c1-32-23-10-8-19(26)13-18(23)14-22(29-24(30)17-5-3-2-4-6-17)25(31)28-20-9-7-16-11-12-27-21(16)15-20/h2-15,27H,1H3,(H,28,31)(H,29,30)/b22-14+. The average Bonchev–Trinajstić information content (AvgIpc) is 3.27. The lowest BCUT2D eigenvalue weighted by molar-refractivity contribution is -0.113. The number of anilines is 1. The minimum absolute atomic E-state index is 0.0850. The quantitative estimate of drug-likeness (QED) is 0.319. The highest BCUT2D eigenvalue weighted by molar-refractivity contribution is 9.10. The van der Waals surface area contributed by atoms with Gasteiger partial charge in [0, 0.05) is 33.0 Å². The van der Waals surface area contributed by atoms with Crippen molar-refractivity contribution in [3.8, 4) is 5.75 Å². The maximum Gasteiger partial charge on any atom is 0.272 e. The van der Waals surface area contributed by atoms with Crippen molar-refractivity contribution in [3.63, 3.8) is 0 Å². The first kappa shape index (κ1) is 21.4. The molecule has 0 spiro atoms. The summed E-state index contributed by atoms with van der Waals surface area (Å²) in [7, 11) is 1.55. The summed E-state index contributed by atoms with van der Waals surface area (Å²) in [4.78, 5) is 29.1. The third kappa shape index (κ3) is 4.90. The molecule has 7 heteroatoms. The Morgan fingerprint density at radius 3 is 2.59 bits per heavy atom. The molecule has 1 aromatic heterocycles. The number of ether oxygens (including phenoxy) is 1. The molecular weight excluding hydrogens is 470 g/mol. The van der Waals surface area contributed by atoms with Crippen molar-refractivity contribution in [3.05, 3.63) is 100 Å². The van der Waals surface area contributed by atoms with Gasteiger partial charge in [-0.2, -0.15) is 0 Å². The van der Waals surface area contributed by atoms with Crippen LogP contribution in [-0.4, -0.2) is 23.9 Å². The lowest BCUT2D eigenvalue weighted by atomic mass is 10.1. The molecule has 0 atom stereocenters. The lowest BCUT2D eigenvalue weighted by Gasteiger charge is -2.13. The van der Waals surface area contributed by atoms with Crippen LogP contribution in [0.3, 0.4) is 0 Å². The monoisotopic (exact) mass is 489 g/mol. The van der Waals surface area contributed by atoms with Crippen molar-refractivity contribution >= 4 is 50.4 Å². The Bertz CT molecular complexity index is 1310. The number of hydrogen-bond acceptors (Lipinski definition) is 3. The maximum atomic E-state index is 13.2. The van der Waals surface area contributed by atoms with E-state index in [9.17, 15) is 9.59 Å². The fraction of sp³-hybridized carbons (Fsp3) is 0.0400. The molecule has 3 aromatic carbocycles. The van der Waals surface area contributed by atoms with E-state index < -0.39 is 5.91 Å². The van der Waals surface area contributed by atoms with E-state index in [1.165, 1.54) is 0 Å². The van der Waals surface area contributed by atoms with E-state index in [1.54, 1.807) is 43.5 Å². The molecular formula is C25H20BrN3O3. The van der Waals surface area contributed by atoms with Gasteiger partial charge in [0.15, 0.2) is 0 Å². The van der Waals surface area contributed by atoms with Gasteiger partial charge in [0.05, 0.1) is 7.11 Å². The fourth-order valence-electron chi connectivity index (χ4n) is 3.24. The van der Waals surface area contributed by atoms with Gasteiger partial charge in [0.1, 0.15) is 11.4 Å². The number of halogens is 1. The molecule has 2 amide bonds. The van der Waals surface area contributed by atoms with Crippen LogP contribution in [0.4, 0.5) is 5.69 Å². The van der Waals surface area contributed by atoms with E-state index in [0.29, 0.717) is 22.6 Å². The number of aromatic amines is 1. The van der Waals surface area contributed by atoms with Crippen LogP contribution in [-0.2, 0) is 4.79 Å². The summed E-state index contributed by atoms with van der Waals surface area (Å²) in [5, 5.41) is 6.63. The highest BCUT2D eigenvalue weighted by Gasteiger charge is 2.16. The first-order chi connectivity index (χ1) is 15.5. The van der Waals surface area contributed by atoms with Crippen molar-refractivity contribution in [2.24, 2.45) is 0 Å². The number of aromatic nitrogens is 1. The number of H-pyrrole nitrogens is 1. The van der Waals surface area contributed by atoms with E-state index in [-0.39, 0.29) is 11.6 Å². The van der Waals surface area contributed by atoms with E-state index in [0.717, 1.165) is 15.4 Å². The Hall–Kier alpha value is -3.84. The molecule has 0 fully saturated rings. The Balaban J connectivity index is 1.68. The molecule has 6 nitrogen and oxygen atoms in total. The third-order valence-electron chi connectivity index (χ3n) is 4.83. The van der Waals surface area contributed by atoms with Crippen LogP contribution in [0.15, 0.2) is 89.2 Å². The molecule has 0 saturated heterocycles. The molecule has 160 valence electrons. The Kier molecular flexibility index (Phi) is 6.37. The summed E-state index contributed by atoms with van der Waals surface area (Å²) in [6, 6.07) is 21.7. The first-order valence-corrected chi connectivity index (χ1v) is 10.6. The summed E-state index contributed by atoms with van der Waals surface area (Å²) < 4.78 is 6.23. The molecule has 4 aromatic rings. The van der Waals surface area contributed by atoms with Crippen molar-refractivity contribution in [2.75, 3.05) is 12.4 Å². The van der Waals surface area contributed by atoms with Crippen LogP contribution >= 0.6 is 15.9 Å². The van der Waals surface area contributed by atoms with Crippen LogP contribution in [0, 0.1) is 0 Å². The van der Waals surface area contributed by atoms with Crippen LogP contribution in [0.25, 0.3) is 17.0 Å². The number of carbonyl (C=O) groups is 2. The molecule has 0 unspecified atom stereocenters. The van der Waals surface area contributed by atoms with Gasteiger partial charge in [-0.05, 0) is 60.0 Å². The van der Waals surface area contributed by atoms with Crippen molar-refractivity contribution in [1.82, 2.24) is 10.3 Å². The summed E-state index contributed by atoms with van der Waals surface area (Å²) in [5.41, 5.74) is 2.67. The second-order valence-corrected chi connectivity index (χ2v) is 7.91. The summed E-state index contributed by atoms with van der Waals surface area (Å²) in [5.74, 6) is -0.275. The Labute approximate surface area is 193 Å². The molecule has 1 heterocycles. The smallest absolute Gasteiger partial charge is 0.272 e. The van der Waals surface area contributed by atoms with Gasteiger partial charge in [0.25, 0.3) is 11.8 Å². The van der Waals surface area contributed by atoms with Gasteiger partial charge < -0.3 is 20.4 Å². The average molecular weight is 490 g/mol. The lowest BCUT2D eigenvalue weighted by Crippen LogP contribution is -2.30. The number of benzene rings is 3. The summed E-state index contributed by atoms with van der Waals surface area (Å²) in [6.07, 6.45) is 3.42. The van der Waals surface area contributed by atoms with Crippen LogP contribution in [0.2, 0.25) is 0 Å². The highest BCUT2D eigenvalue weighted by atomic mass is 79.9. The number of rotatable bonds is 6. The molecule has 32 heavy (non-hydrogen) atoms. The second kappa shape index (κ2) is 9.53. The van der Waals surface area contributed by atoms with E-state index >= 15 is 0 Å². The first-order valence-electron chi connectivity index (χ1n) is 9.83. The molecule has 0 bridgehead atoms. The summed E-state index contributed by atoms with van der Waals surface area (Å²) in [6.45, 7) is 0. The zero-order chi connectivity index (χ0) is 22.5. The Morgan fingerprint density at radius 1 is 1.00 bits per heavy atom. The van der Waals surface area contributed by atoms with E-state index in [4.69, 9.17) is 4.74 Å². The second-order valence-electron chi connectivity index (χ2n) is 7.00. The predicted molar refractivity (Wildman–Crippen MR) is 130 cm³/mol. The van der Waals surface area contributed by atoms with Gasteiger partial charge in [-0.3, -0.25) is 9.59 Å².